The zero-order valence-electron chi connectivity index (χ0n) is 10.7. The lowest BCUT2D eigenvalue weighted by Gasteiger charge is -2.16. The first kappa shape index (κ1) is 14.5. The molecule has 0 radical (unpaired) electrons. The van der Waals surface area contributed by atoms with Crippen LogP contribution in [0.1, 0.15) is 4.88 Å². The van der Waals surface area contributed by atoms with Gasteiger partial charge in [0.25, 0.3) is 0 Å². The second-order valence-corrected chi connectivity index (χ2v) is 6.32. The first-order valence-electron chi connectivity index (χ1n) is 6.04. The van der Waals surface area contributed by atoms with E-state index in [0.29, 0.717) is 0 Å². The maximum Gasteiger partial charge on any atom is 0.125 e. The van der Waals surface area contributed by atoms with Crippen molar-refractivity contribution in [1.82, 2.24) is 4.90 Å². The summed E-state index contributed by atoms with van der Waals surface area (Å²) in [6, 6.07) is 8.69. The minimum absolute atomic E-state index is 0.207. The largest absolute Gasteiger partial charge is 0.384 e. The van der Waals surface area contributed by atoms with E-state index in [9.17, 15) is 4.39 Å². The Bertz CT molecular complexity index is 530. The third-order valence-corrected chi connectivity index (χ3v) is 4.38. The quantitative estimate of drug-likeness (QED) is 0.846. The molecule has 0 spiro atoms. The van der Waals surface area contributed by atoms with Gasteiger partial charge in [-0.3, -0.25) is 4.90 Å². The number of nitrogens with zero attached hydrogens (tertiary/aromatic N) is 1. The van der Waals surface area contributed by atoms with E-state index < -0.39 is 0 Å². The average Bonchev–Trinajstić information content (AvgIpc) is 2.75. The predicted molar refractivity (Wildman–Crippen MR) is 83.2 cm³/mol. The summed E-state index contributed by atoms with van der Waals surface area (Å²) in [4.78, 5) is 3.57. The van der Waals surface area contributed by atoms with Crippen LogP contribution in [0, 0.1) is 5.82 Å². The molecule has 0 aliphatic rings. The van der Waals surface area contributed by atoms with Gasteiger partial charge in [0.15, 0.2) is 0 Å². The molecule has 0 saturated heterocycles. The zero-order chi connectivity index (χ0) is 13.7. The molecular formula is C14H16BrFN2S. The molecule has 0 aliphatic carbocycles. The molecule has 0 unspecified atom stereocenters. The molecule has 0 amide bonds. The van der Waals surface area contributed by atoms with Gasteiger partial charge < -0.3 is 5.32 Å². The Kier molecular flexibility index (Phi) is 5.36. The number of likely N-dealkylation sites (N-methyl/N-ethyl adjacent to an activating group) is 1. The van der Waals surface area contributed by atoms with Gasteiger partial charge in [-0.05, 0) is 47.2 Å². The zero-order valence-corrected chi connectivity index (χ0v) is 13.1. The summed E-state index contributed by atoms with van der Waals surface area (Å²) in [5.41, 5.74) is 0.826. The summed E-state index contributed by atoms with van der Waals surface area (Å²) in [6.45, 7) is 2.64. The van der Waals surface area contributed by atoms with E-state index in [0.717, 1.165) is 29.8 Å². The number of anilines is 1. The monoisotopic (exact) mass is 342 g/mol. The van der Waals surface area contributed by atoms with E-state index in [1.165, 1.54) is 17.0 Å². The molecule has 2 nitrogen and oxygen atoms in total. The van der Waals surface area contributed by atoms with Gasteiger partial charge in [0, 0.05) is 40.1 Å². The predicted octanol–water partition coefficient (Wildman–Crippen LogP) is 4.19. The summed E-state index contributed by atoms with van der Waals surface area (Å²) in [6.07, 6.45) is 0. The average molecular weight is 343 g/mol. The van der Waals surface area contributed by atoms with Crippen LogP contribution in [0.15, 0.2) is 40.2 Å². The van der Waals surface area contributed by atoms with Crippen LogP contribution < -0.4 is 5.32 Å². The van der Waals surface area contributed by atoms with Gasteiger partial charge in [0.2, 0.25) is 0 Å². The minimum atomic E-state index is -0.207. The Morgan fingerprint density at radius 3 is 2.89 bits per heavy atom. The summed E-state index contributed by atoms with van der Waals surface area (Å²) in [5, 5.41) is 5.31. The highest BCUT2D eigenvalue weighted by molar-refractivity contribution is 9.10. The van der Waals surface area contributed by atoms with E-state index in [1.54, 1.807) is 17.4 Å². The van der Waals surface area contributed by atoms with E-state index in [4.69, 9.17) is 0 Å². The molecule has 0 aliphatic heterocycles. The Labute approximate surface area is 125 Å². The number of hydrogen-bond acceptors (Lipinski definition) is 3. The van der Waals surface area contributed by atoms with E-state index in [2.05, 4.69) is 44.6 Å². The van der Waals surface area contributed by atoms with Crippen LogP contribution >= 0.6 is 27.3 Å². The van der Waals surface area contributed by atoms with Crippen molar-refractivity contribution in [2.24, 2.45) is 0 Å². The van der Waals surface area contributed by atoms with Crippen LogP contribution in [-0.4, -0.2) is 25.0 Å². The van der Waals surface area contributed by atoms with Crippen LogP contribution in [0.25, 0.3) is 0 Å². The standard InChI is InChI=1S/C14H16BrFN2S/c1-18(9-14-7-11(15)10-19-14)6-5-17-13-4-2-3-12(16)8-13/h2-4,7-8,10,17H,5-6,9H2,1H3. The molecular weight excluding hydrogens is 327 g/mol. The number of benzene rings is 1. The van der Waals surface area contributed by atoms with Crippen LogP contribution in [0.4, 0.5) is 10.1 Å². The van der Waals surface area contributed by atoms with Crippen molar-refractivity contribution in [2.75, 3.05) is 25.5 Å². The van der Waals surface area contributed by atoms with Crippen LogP contribution in [0.5, 0.6) is 0 Å². The second kappa shape index (κ2) is 7.03. The molecule has 1 N–H and O–H groups in total. The fourth-order valence-corrected chi connectivity index (χ4v) is 3.30. The lowest BCUT2D eigenvalue weighted by Crippen LogP contribution is -2.24. The summed E-state index contributed by atoms with van der Waals surface area (Å²) in [5.74, 6) is -0.207. The molecule has 2 rings (SSSR count). The van der Waals surface area contributed by atoms with Gasteiger partial charge >= 0.3 is 0 Å². The van der Waals surface area contributed by atoms with Gasteiger partial charge in [0.1, 0.15) is 5.82 Å². The maximum absolute atomic E-state index is 13.0. The summed E-state index contributed by atoms with van der Waals surface area (Å²) in [7, 11) is 2.08. The molecule has 0 atom stereocenters. The Morgan fingerprint density at radius 1 is 1.37 bits per heavy atom. The molecule has 1 aromatic carbocycles. The first-order chi connectivity index (χ1) is 9.13. The first-order valence-corrected chi connectivity index (χ1v) is 7.71. The lowest BCUT2D eigenvalue weighted by molar-refractivity contribution is 0.343. The molecule has 1 heterocycles. The van der Waals surface area contributed by atoms with Crippen molar-refractivity contribution in [3.8, 4) is 0 Å². The highest BCUT2D eigenvalue weighted by atomic mass is 79.9. The molecule has 19 heavy (non-hydrogen) atoms. The molecule has 1 aromatic heterocycles. The van der Waals surface area contributed by atoms with Gasteiger partial charge in [-0.1, -0.05) is 6.07 Å². The number of halogens is 2. The summed E-state index contributed by atoms with van der Waals surface area (Å²) < 4.78 is 14.1. The van der Waals surface area contributed by atoms with Crippen LogP contribution in [-0.2, 0) is 6.54 Å². The SMILES string of the molecule is CN(CCNc1cccc(F)c1)Cc1cc(Br)cs1. The van der Waals surface area contributed by atoms with Crippen molar-refractivity contribution >= 4 is 33.0 Å². The van der Waals surface area contributed by atoms with Crippen molar-refractivity contribution in [3.05, 3.63) is 50.9 Å². The van der Waals surface area contributed by atoms with Gasteiger partial charge in [-0.15, -0.1) is 11.3 Å². The van der Waals surface area contributed by atoms with Gasteiger partial charge in [-0.2, -0.15) is 0 Å². The van der Waals surface area contributed by atoms with E-state index in [-0.39, 0.29) is 5.82 Å². The van der Waals surface area contributed by atoms with Crippen LogP contribution in [0.3, 0.4) is 0 Å². The maximum atomic E-state index is 13.0. The number of thiophene rings is 1. The fourth-order valence-electron chi connectivity index (χ4n) is 1.77. The third kappa shape index (κ3) is 4.93. The van der Waals surface area contributed by atoms with Crippen LogP contribution in [0.2, 0.25) is 0 Å². The Morgan fingerprint density at radius 2 is 2.21 bits per heavy atom. The molecule has 102 valence electrons. The van der Waals surface area contributed by atoms with Gasteiger partial charge in [-0.25, -0.2) is 4.39 Å². The summed E-state index contributed by atoms with van der Waals surface area (Å²) >= 11 is 5.21. The number of rotatable bonds is 6. The lowest BCUT2D eigenvalue weighted by atomic mass is 10.3. The molecule has 2 aromatic rings. The van der Waals surface area contributed by atoms with E-state index >= 15 is 0 Å². The normalized spacial score (nSPS) is 10.9. The number of hydrogen-bond donors (Lipinski definition) is 1. The van der Waals surface area contributed by atoms with Crippen molar-refractivity contribution in [3.63, 3.8) is 0 Å². The second-order valence-electron chi connectivity index (χ2n) is 4.41. The van der Waals surface area contributed by atoms with Gasteiger partial charge in [0.05, 0.1) is 0 Å². The minimum Gasteiger partial charge on any atom is -0.384 e. The third-order valence-electron chi connectivity index (χ3n) is 2.69. The highest BCUT2D eigenvalue weighted by Crippen LogP contribution is 2.20. The molecule has 5 heteroatoms. The smallest absolute Gasteiger partial charge is 0.125 e. The fraction of sp³-hybridized carbons (Fsp3) is 0.286. The highest BCUT2D eigenvalue weighted by Gasteiger charge is 2.03. The topological polar surface area (TPSA) is 15.3 Å². The Balaban J connectivity index is 1.73. The molecule has 0 bridgehead atoms. The van der Waals surface area contributed by atoms with Crippen molar-refractivity contribution < 1.29 is 4.39 Å². The Hall–Kier alpha value is -0.910. The molecule has 0 fully saturated rings. The number of nitrogens with one attached hydrogen (secondary N) is 1. The van der Waals surface area contributed by atoms with E-state index in [1.807, 2.05) is 6.07 Å². The molecule has 0 saturated carbocycles. The van der Waals surface area contributed by atoms with Crippen molar-refractivity contribution in [1.29, 1.82) is 0 Å². The van der Waals surface area contributed by atoms with Crippen molar-refractivity contribution in [2.45, 2.75) is 6.54 Å².